The first-order valence-electron chi connectivity index (χ1n) is 6.77. The van der Waals surface area contributed by atoms with E-state index in [0.29, 0.717) is 6.42 Å². The average Bonchev–Trinajstić information content (AvgIpc) is 2.48. The van der Waals surface area contributed by atoms with E-state index in [1.165, 1.54) is 0 Å². The first-order chi connectivity index (χ1) is 9.63. The summed E-state index contributed by atoms with van der Waals surface area (Å²) in [6.45, 7) is 1.84. The van der Waals surface area contributed by atoms with Crippen molar-refractivity contribution >= 4 is 5.97 Å². The molecule has 20 heavy (non-hydrogen) atoms. The number of aliphatic carboxylic acids is 1. The number of carboxylic acids is 1. The molecule has 3 N–H and O–H groups in total. The number of benzene rings is 2. The molecular weight excluding hydrogens is 250 g/mol. The molecule has 0 saturated carbocycles. The summed E-state index contributed by atoms with van der Waals surface area (Å²) in [5, 5.41) is 9.16. The number of hydrogen-bond acceptors (Lipinski definition) is 2. The average molecular weight is 269 g/mol. The van der Waals surface area contributed by atoms with Crippen LogP contribution in [0.15, 0.2) is 54.6 Å². The van der Waals surface area contributed by atoms with E-state index in [0.717, 1.165) is 16.7 Å². The second-order valence-electron chi connectivity index (χ2n) is 4.87. The summed E-state index contributed by atoms with van der Waals surface area (Å²) in [5.41, 5.74) is 9.16. The quantitative estimate of drug-likeness (QED) is 0.873. The van der Waals surface area contributed by atoms with E-state index in [-0.39, 0.29) is 0 Å². The fraction of sp³-hybridized carbons (Fsp3) is 0.235. The third-order valence-corrected chi connectivity index (χ3v) is 3.59. The van der Waals surface area contributed by atoms with Crippen molar-refractivity contribution in [2.24, 2.45) is 11.7 Å². The predicted octanol–water partition coefficient (Wildman–Crippen LogP) is 3.46. The Kier molecular flexibility index (Phi) is 4.53. The Labute approximate surface area is 119 Å². The van der Waals surface area contributed by atoms with Crippen molar-refractivity contribution in [3.8, 4) is 11.1 Å². The molecule has 2 aromatic carbocycles. The van der Waals surface area contributed by atoms with E-state index in [2.05, 4.69) is 0 Å². The summed E-state index contributed by atoms with van der Waals surface area (Å²) < 4.78 is 0. The van der Waals surface area contributed by atoms with Crippen molar-refractivity contribution in [2.75, 3.05) is 0 Å². The zero-order chi connectivity index (χ0) is 14.5. The van der Waals surface area contributed by atoms with Crippen LogP contribution in [0.4, 0.5) is 0 Å². The second-order valence-corrected chi connectivity index (χ2v) is 4.87. The van der Waals surface area contributed by atoms with Gasteiger partial charge in [0.15, 0.2) is 0 Å². The van der Waals surface area contributed by atoms with E-state index >= 15 is 0 Å². The molecule has 0 aliphatic rings. The largest absolute Gasteiger partial charge is 0.481 e. The van der Waals surface area contributed by atoms with Gasteiger partial charge in [0.25, 0.3) is 0 Å². The Morgan fingerprint density at radius 3 is 2.10 bits per heavy atom. The highest BCUT2D eigenvalue weighted by atomic mass is 16.4. The van der Waals surface area contributed by atoms with Gasteiger partial charge in [0, 0.05) is 6.04 Å². The van der Waals surface area contributed by atoms with E-state index in [4.69, 9.17) is 10.8 Å². The summed E-state index contributed by atoms with van der Waals surface area (Å²) in [6, 6.07) is 17.4. The third kappa shape index (κ3) is 3.06. The maximum absolute atomic E-state index is 11.2. The van der Waals surface area contributed by atoms with Crippen LogP contribution in [-0.4, -0.2) is 11.1 Å². The van der Waals surface area contributed by atoms with Crippen LogP contribution in [0.5, 0.6) is 0 Å². The van der Waals surface area contributed by atoms with Crippen LogP contribution in [0.25, 0.3) is 11.1 Å². The number of rotatable bonds is 5. The van der Waals surface area contributed by atoms with Crippen molar-refractivity contribution in [3.05, 3.63) is 60.2 Å². The molecule has 104 valence electrons. The SMILES string of the molecule is CCC(C(=O)O)C(N)c1ccc(-c2ccccc2)cc1. The molecule has 2 aromatic rings. The highest BCUT2D eigenvalue weighted by Gasteiger charge is 2.24. The molecule has 0 heterocycles. The highest BCUT2D eigenvalue weighted by Crippen LogP contribution is 2.25. The number of nitrogens with two attached hydrogens (primary N) is 1. The molecule has 0 aliphatic heterocycles. The summed E-state index contributed by atoms with van der Waals surface area (Å²) in [4.78, 5) is 11.2. The lowest BCUT2D eigenvalue weighted by Crippen LogP contribution is -2.27. The monoisotopic (exact) mass is 269 g/mol. The van der Waals surface area contributed by atoms with Crippen LogP contribution in [-0.2, 0) is 4.79 Å². The standard InChI is InChI=1S/C17H19NO2/c1-2-15(17(19)20)16(18)14-10-8-13(9-11-14)12-6-4-3-5-7-12/h3-11,15-16H,2,18H2,1H3,(H,19,20). The van der Waals surface area contributed by atoms with Crippen LogP contribution < -0.4 is 5.73 Å². The highest BCUT2D eigenvalue weighted by molar-refractivity contribution is 5.71. The molecule has 0 amide bonds. The van der Waals surface area contributed by atoms with Crippen LogP contribution >= 0.6 is 0 Å². The second kappa shape index (κ2) is 6.35. The van der Waals surface area contributed by atoms with E-state index in [1.54, 1.807) is 0 Å². The molecule has 0 radical (unpaired) electrons. The Morgan fingerprint density at radius 2 is 1.60 bits per heavy atom. The minimum absolute atomic E-state index is 0.470. The van der Waals surface area contributed by atoms with Gasteiger partial charge in [0.05, 0.1) is 5.92 Å². The van der Waals surface area contributed by atoms with Gasteiger partial charge < -0.3 is 10.8 Å². The molecule has 3 heteroatoms. The summed E-state index contributed by atoms with van der Waals surface area (Å²) in [5.74, 6) is -1.38. The number of carbonyl (C=O) groups is 1. The van der Waals surface area contributed by atoms with Crippen LogP contribution in [0.1, 0.15) is 24.9 Å². The van der Waals surface area contributed by atoms with Crippen LogP contribution in [0.3, 0.4) is 0 Å². The van der Waals surface area contributed by atoms with Crippen LogP contribution in [0, 0.1) is 5.92 Å². The zero-order valence-corrected chi connectivity index (χ0v) is 11.5. The predicted molar refractivity (Wildman–Crippen MR) is 80.2 cm³/mol. The van der Waals surface area contributed by atoms with Crippen LogP contribution in [0.2, 0.25) is 0 Å². The zero-order valence-electron chi connectivity index (χ0n) is 11.5. The lowest BCUT2D eigenvalue weighted by Gasteiger charge is -2.19. The van der Waals surface area contributed by atoms with E-state index < -0.39 is 17.9 Å². The van der Waals surface area contributed by atoms with E-state index in [9.17, 15) is 4.79 Å². The van der Waals surface area contributed by atoms with E-state index in [1.807, 2.05) is 61.5 Å². The fourth-order valence-corrected chi connectivity index (χ4v) is 2.34. The normalized spacial score (nSPS) is 13.7. The topological polar surface area (TPSA) is 63.3 Å². The molecule has 2 unspecified atom stereocenters. The third-order valence-electron chi connectivity index (χ3n) is 3.59. The molecule has 0 aromatic heterocycles. The molecule has 2 rings (SSSR count). The molecule has 2 atom stereocenters. The molecule has 0 fully saturated rings. The van der Waals surface area contributed by atoms with Crippen molar-refractivity contribution in [1.82, 2.24) is 0 Å². The van der Waals surface area contributed by atoms with Gasteiger partial charge in [-0.05, 0) is 23.1 Å². The lowest BCUT2D eigenvalue weighted by atomic mass is 9.91. The first kappa shape index (κ1) is 14.3. The van der Waals surface area contributed by atoms with Gasteiger partial charge in [-0.3, -0.25) is 4.79 Å². The molecule has 0 aliphatic carbocycles. The van der Waals surface area contributed by atoms with Crippen molar-refractivity contribution in [3.63, 3.8) is 0 Å². The molecule has 0 spiro atoms. The summed E-state index contributed by atoms with van der Waals surface area (Å²) in [6.07, 6.45) is 0.525. The molecule has 0 saturated heterocycles. The Balaban J connectivity index is 2.22. The lowest BCUT2D eigenvalue weighted by molar-refractivity contribution is -0.142. The first-order valence-corrected chi connectivity index (χ1v) is 6.77. The van der Waals surface area contributed by atoms with Gasteiger partial charge >= 0.3 is 5.97 Å². The van der Waals surface area contributed by atoms with Gasteiger partial charge in [-0.15, -0.1) is 0 Å². The van der Waals surface area contributed by atoms with Crippen molar-refractivity contribution in [2.45, 2.75) is 19.4 Å². The maximum atomic E-state index is 11.2. The van der Waals surface area contributed by atoms with Gasteiger partial charge in [-0.1, -0.05) is 61.5 Å². The van der Waals surface area contributed by atoms with Gasteiger partial charge in [0.2, 0.25) is 0 Å². The van der Waals surface area contributed by atoms with Crippen molar-refractivity contribution < 1.29 is 9.90 Å². The Morgan fingerprint density at radius 1 is 1.05 bits per heavy atom. The molecule has 3 nitrogen and oxygen atoms in total. The van der Waals surface area contributed by atoms with Gasteiger partial charge in [0.1, 0.15) is 0 Å². The minimum atomic E-state index is -0.841. The Hall–Kier alpha value is -2.13. The van der Waals surface area contributed by atoms with Crippen molar-refractivity contribution in [1.29, 1.82) is 0 Å². The minimum Gasteiger partial charge on any atom is -0.481 e. The smallest absolute Gasteiger partial charge is 0.308 e. The van der Waals surface area contributed by atoms with Gasteiger partial charge in [-0.25, -0.2) is 0 Å². The maximum Gasteiger partial charge on any atom is 0.308 e. The number of carboxylic acid groups (broad SMARTS) is 1. The number of hydrogen-bond donors (Lipinski definition) is 2. The Bertz CT molecular complexity index is 563. The van der Waals surface area contributed by atoms with Gasteiger partial charge in [-0.2, -0.15) is 0 Å². The molecular formula is C17H19NO2. The summed E-state index contributed by atoms with van der Waals surface area (Å²) in [7, 11) is 0. The molecule has 0 bridgehead atoms. The summed E-state index contributed by atoms with van der Waals surface area (Å²) >= 11 is 0. The fourth-order valence-electron chi connectivity index (χ4n) is 2.34.